The van der Waals surface area contributed by atoms with Crippen LogP contribution in [0.3, 0.4) is 0 Å². The van der Waals surface area contributed by atoms with Crippen LogP contribution >= 0.6 is 0 Å². The van der Waals surface area contributed by atoms with Gasteiger partial charge in [0.1, 0.15) is 5.69 Å². The highest BCUT2D eigenvalue weighted by Crippen LogP contribution is 2.34. The van der Waals surface area contributed by atoms with Crippen molar-refractivity contribution in [3.05, 3.63) is 42.5 Å². The molecule has 3 atom stereocenters. The van der Waals surface area contributed by atoms with Gasteiger partial charge in [-0.2, -0.15) is 0 Å². The quantitative estimate of drug-likeness (QED) is 0.852. The summed E-state index contributed by atoms with van der Waals surface area (Å²) in [6, 6.07) is 0. The lowest BCUT2D eigenvalue weighted by Crippen LogP contribution is -2.34. The molecule has 2 aromatic rings. The summed E-state index contributed by atoms with van der Waals surface area (Å²) in [4.78, 5) is 30.0. The van der Waals surface area contributed by atoms with Gasteiger partial charge in [-0.15, -0.1) is 0 Å². The SMILES string of the molecule is O=C(NC[C@H]1CO[C@@H]2CN(c3ncc(F)cn3)C[C@H]12)c1cnccn1. The van der Waals surface area contributed by atoms with Gasteiger partial charge in [-0.3, -0.25) is 9.78 Å². The van der Waals surface area contributed by atoms with Gasteiger partial charge in [0, 0.05) is 43.9 Å². The predicted octanol–water partition coefficient (Wildman–Crippen LogP) is 0.287. The van der Waals surface area contributed by atoms with Crippen molar-refractivity contribution in [2.75, 3.05) is 31.1 Å². The number of carbonyl (C=O) groups excluding carboxylic acids is 1. The molecule has 0 bridgehead atoms. The van der Waals surface area contributed by atoms with Crippen molar-refractivity contribution in [1.29, 1.82) is 0 Å². The normalized spacial score (nSPS) is 25.0. The molecule has 9 heteroatoms. The van der Waals surface area contributed by atoms with Gasteiger partial charge in [-0.25, -0.2) is 19.3 Å². The number of nitrogens with zero attached hydrogens (tertiary/aromatic N) is 5. The molecule has 1 N–H and O–H groups in total. The average molecular weight is 344 g/mol. The van der Waals surface area contributed by atoms with Crippen LogP contribution in [0.25, 0.3) is 0 Å². The minimum Gasteiger partial charge on any atom is -0.376 e. The van der Waals surface area contributed by atoms with Gasteiger partial charge in [-0.1, -0.05) is 0 Å². The number of hydrogen-bond donors (Lipinski definition) is 1. The van der Waals surface area contributed by atoms with E-state index in [4.69, 9.17) is 4.74 Å². The molecular weight excluding hydrogens is 327 g/mol. The first-order valence-corrected chi connectivity index (χ1v) is 8.09. The Bertz CT molecular complexity index is 744. The summed E-state index contributed by atoms with van der Waals surface area (Å²) in [6.07, 6.45) is 6.85. The van der Waals surface area contributed by atoms with Crippen LogP contribution in [0.2, 0.25) is 0 Å². The first-order valence-electron chi connectivity index (χ1n) is 8.09. The Morgan fingerprint density at radius 2 is 2.08 bits per heavy atom. The number of rotatable bonds is 4. The number of anilines is 1. The van der Waals surface area contributed by atoms with E-state index < -0.39 is 5.82 Å². The number of carbonyl (C=O) groups is 1. The molecular formula is C16H17FN6O2. The third-order valence-corrected chi connectivity index (χ3v) is 4.65. The maximum atomic E-state index is 13.0. The van der Waals surface area contributed by atoms with Crippen LogP contribution < -0.4 is 10.2 Å². The molecule has 0 aliphatic carbocycles. The Balaban J connectivity index is 1.35. The van der Waals surface area contributed by atoms with E-state index in [9.17, 15) is 9.18 Å². The van der Waals surface area contributed by atoms with E-state index in [1.165, 1.54) is 18.6 Å². The molecule has 2 aromatic heterocycles. The number of fused-ring (bicyclic) bond motifs is 1. The third kappa shape index (κ3) is 3.27. The van der Waals surface area contributed by atoms with Crippen LogP contribution in [0.15, 0.2) is 31.0 Å². The summed E-state index contributed by atoms with van der Waals surface area (Å²) in [7, 11) is 0. The van der Waals surface area contributed by atoms with Crippen LogP contribution in [-0.4, -0.2) is 58.2 Å². The Hall–Kier alpha value is -2.68. The molecule has 0 saturated carbocycles. The van der Waals surface area contributed by atoms with Crippen LogP contribution in [0.5, 0.6) is 0 Å². The molecule has 8 nitrogen and oxygen atoms in total. The summed E-state index contributed by atoms with van der Waals surface area (Å²) in [5.74, 6) is 0.283. The van der Waals surface area contributed by atoms with Gasteiger partial charge in [0.05, 0.1) is 31.3 Å². The van der Waals surface area contributed by atoms with E-state index in [2.05, 4.69) is 25.3 Å². The second kappa shape index (κ2) is 6.67. The molecule has 25 heavy (non-hydrogen) atoms. The average Bonchev–Trinajstić information content (AvgIpc) is 3.22. The number of ether oxygens (including phenoxy) is 1. The summed E-state index contributed by atoms with van der Waals surface area (Å²) in [5, 5.41) is 2.89. The second-order valence-corrected chi connectivity index (χ2v) is 6.20. The fraction of sp³-hybridized carbons (Fsp3) is 0.438. The highest BCUT2D eigenvalue weighted by Gasteiger charge is 2.44. The van der Waals surface area contributed by atoms with E-state index >= 15 is 0 Å². The molecule has 1 amide bonds. The molecule has 0 radical (unpaired) electrons. The fourth-order valence-electron chi connectivity index (χ4n) is 3.37. The standard InChI is InChI=1S/C16H17FN6O2/c17-11-4-21-16(22-5-11)23-7-12-10(9-25-14(12)8-23)3-20-15(24)13-6-18-1-2-19-13/h1-2,4-6,10,12,14H,3,7-9H2,(H,20,24)/t10-,12+,14+/m0/s1. The van der Waals surface area contributed by atoms with Crippen molar-refractivity contribution < 1.29 is 13.9 Å². The zero-order valence-electron chi connectivity index (χ0n) is 13.4. The van der Waals surface area contributed by atoms with Crippen molar-refractivity contribution >= 4 is 11.9 Å². The second-order valence-electron chi connectivity index (χ2n) is 6.20. The van der Waals surface area contributed by atoms with E-state index in [0.717, 1.165) is 18.9 Å². The largest absolute Gasteiger partial charge is 0.376 e. The lowest BCUT2D eigenvalue weighted by atomic mass is 9.93. The van der Waals surface area contributed by atoms with Crippen LogP contribution in [0.1, 0.15) is 10.5 Å². The zero-order chi connectivity index (χ0) is 17.2. The minimum atomic E-state index is -0.455. The topological polar surface area (TPSA) is 93.1 Å². The number of amides is 1. The Morgan fingerprint density at radius 3 is 2.84 bits per heavy atom. The highest BCUT2D eigenvalue weighted by molar-refractivity contribution is 5.91. The Morgan fingerprint density at radius 1 is 1.24 bits per heavy atom. The maximum Gasteiger partial charge on any atom is 0.271 e. The Labute approximate surface area is 143 Å². The molecule has 0 spiro atoms. The van der Waals surface area contributed by atoms with Crippen molar-refractivity contribution in [3.8, 4) is 0 Å². The van der Waals surface area contributed by atoms with Gasteiger partial charge in [0.15, 0.2) is 5.82 Å². The lowest BCUT2D eigenvalue weighted by Gasteiger charge is -2.19. The van der Waals surface area contributed by atoms with E-state index in [0.29, 0.717) is 31.3 Å². The summed E-state index contributed by atoms with van der Waals surface area (Å²) in [5.41, 5.74) is 0.297. The molecule has 4 rings (SSSR count). The van der Waals surface area contributed by atoms with Crippen LogP contribution in [0, 0.1) is 17.7 Å². The van der Waals surface area contributed by atoms with Crippen molar-refractivity contribution in [2.24, 2.45) is 11.8 Å². The smallest absolute Gasteiger partial charge is 0.271 e. The van der Waals surface area contributed by atoms with E-state index in [1.807, 2.05) is 4.90 Å². The number of aromatic nitrogens is 4. The third-order valence-electron chi connectivity index (χ3n) is 4.65. The van der Waals surface area contributed by atoms with Gasteiger partial charge < -0.3 is 15.0 Å². The Kier molecular flexibility index (Phi) is 4.22. The molecule has 0 aromatic carbocycles. The number of halogens is 1. The van der Waals surface area contributed by atoms with Gasteiger partial charge in [0.2, 0.25) is 5.95 Å². The van der Waals surface area contributed by atoms with Crippen molar-refractivity contribution in [3.63, 3.8) is 0 Å². The first kappa shape index (κ1) is 15.8. The molecule has 2 saturated heterocycles. The van der Waals surface area contributed by atoms with Crippen molar-refractivity contribution in [2.45, 2.75) is 6.10 Å². The van der Waals surface area contributed by atoms with Gasteiger partial charge in [-0.05, 0) is 0 Å². The first-order chi connectivity index (χ1) is 12.2. The molecule has 2 aliphatic rings. The summed E-state index contributed by atoms with van der Waals surface area (Å²) >= 11 is 0. The van der Waals surface area contributed by atoms with Crippen LogP contribution in [0.4, 0.5) is 10.3 Å². The van der Waals surface area contributed by atoms with Crippen LogP contribution in [-0.2, 0) is 4.74 Å². The van der Waals surface area contributed by atoms with E-state index in [-0.39, 0.29) is 23.8 Å². The molecule has 130 valence electrons. The van der Waals surface area contributed by atoms with Crippen molar-refractivity contribution in [1.82, 2.24) is 25.3 Å². The lowest BCUT2D eigenvalue weighted by molar-refractivity contribution is 0.0934. The van der Waals surface area contributed by atoms with Gasteiger partial charge >= 0.3 is 0 Å². The summed E-state index contributed by atoms with van der Waals surface area (Å²) in [6.45, 7) is 2.51. The predicted molar refractivity (Wildman–Crippen MR) is 85.3 cm³/mol. The zero-order valence-corrected chi connectivity index (χ0v) is 13.4. The minimum absolute atomic E-state index is 0.0760. The monoisotopic (exact) mass is 344 g/mol. The van der Waals surface area contributed by atoms with Gasteiger partial charge in [0.25, 0.3) is 5.91 Å². The molecule has 2 fully saturated rings. The maximum absolute atomic E-state index is 13.0. The fourth-order valence-corrected chi connectivity index (χ4v) is 3.37. The highest BCUT2D eigenvalue weighted by atomic mass is 19.1. The molecule has 4 heterocycles. The van der Waals surface area contributed by atoms with E-state index in [1.54, 1.807) is 0 Å². The molecule has 0 unspecified atom stereocenters. The number of hydrogen-bond acceptors (Lipinski definition) is 7. The summed E-state index contributed by atoms with van der Waals surface area (Å²) < 4.78 is 18.8. The molecule has 2 aliphatic heterocycles. The number of nitrogens with one attached hydrogen (secondary N) is 1.